The summed E-state index contributed by atoms with van der Waals surface area (Å²) < 4.78 is 9.07. The fourth-order valence-corrected chi connectivity index (χ4v) is 2.23. The van der Waals surface area contributed by atoms with Gasteiger partial charge in [-0.1, -0.05) is 64.7 Å². The molecule has 0 saturated carbocycles. The fraction of sp³-hybridized carbons (Fsp3) is 0.882. The number of rotatable bonds is 14. The fourth-order valence-electron chi connectivity index (χ4n) is 2.23. The highest BCUT2D eigenvalue weighted by Crippen LogP contribution is 2.10. The number of carbonyl (C=O) groups excluding carboxylic acids is 2. The zero-order chi connectivity index (χ0) is 17.5. The van der Waals surface area contributed by atoms with Crippen LogP contribution in [0.5, 0.6) is 0 Å². The van der Waals surface area contributed by atoms with E-state index < -0.39 is 24.1 Å². The number of esters is 2. The van der Waals surface area contributed by atoms with E-state index in [1.54, 1.807) is 0 Å². The lowest BCUT2D eigenvalue weighted by Gasteiger charge is -2.14. The Labute approximate surface area is 139 Å². The van der Waals surface area contributed by atoms with E-state index >= 15 is 0 Å². The summed E-state index contributed by atoms with van der Waals surface area (Å²) in [6.07, 6.45) is 7.90. The van der Waals surface area contributed by atoms with E-state index in [1.165, 1.54) is 44.9 Å². The van der Waals surface area contributed by atoms with E-state index in [0.717, 1.165) is 20.0 Å². The van der Waals surface area contributed by atoms with E-state index in [2.05, 4.69) is 11.7 Å². The average Bonchev–Trinajstić information content (AvgIpc) is 2.57. The predicted molar refractivity (Wildman–Crippen MR) is 86.8 cm³/mol. The second-order valence-electron chi connectivity index (χ2n) is 5.76. The van der Waals surface area contributed by atoms with E-state index in [1.807, 2.05) is 0 Å². The van der Waals surface area contributed by atoms with Crippen molar-refractivity contribution in [3.05, 3.63) is 0 Å². The molecule has 0 aromatic carbocycles. The molecular weight excluding hydrogens is 300 g/mol. The lowest BCUT2D eigenvalue weighted by Crippen LogP contribution is -2.41. The molecule has 0 bridgehead atoms. The zero-order valence-electron chi connectivity index (χ0n) is 14.5. The minimum atomic E-state index is -1.90. The largest absolute Gasteiger partial charge is 0.467 e. The number of aliphatic hydroxyl groups is 2. The first kappa shape index (κ1) is 21.9. The van der Waals surface area contributed by atoms with Crippen LogP contribution >= 0.6 is 0 Å². The Bertz CT molecular complexity index is 318. The molecule has 0 aromatic heterocycles. The lowest BCUT2D eigenvalue weighted by molar-refractivity contribution is -0.171. The van der Waals surface area contributed by atoms with Gasteiger partial charge in [-0.05, 0) is 6.42 Å². The van der Waals surface area contributed by atoms with E-state index in [9.17, 15) is 19.8 Å². The summed E-state index contributed by atoms with van der Waals surface area (Å²) in [5.74, 6) is -2.06. The van der Waals surface area contributed by atoms with Crippen LogP contribution in [0.25, 0.3) is 0 Å². The maximum atomic E-state index is 11.4. The van der Waals surface area contributed by atoms with Gasteiger partial charge in [-0.25, -0.2) is 9.59 Å². The Morgan fingerprint density at radius 3 is 1.70 bits per heavy atom. The van der Waals surface area contributed by atoms with Gasteiger partial charge in [0.1, 0.15) is 0 Å². The topological polar surface area (TPSA) is 93.1 Å². The van der Waals surface area contributed by atoms with Crippen molar-refractivity contribution in [1.82, 2.24) is 0 Å². The number of aliphatic hydroxyl groups excluding tert-OH is 2. The normalized spacial score (nSPS) is 13.4. The minimum absolute atomic E-state index is 0.181. The third-order valence-electron chi connectivity index (χ3n) is 3.73. The molecule has 0 saturated heterocycles. The summed E-state index contributed by atoms with van der Waals surface area (Å²) in [6, 6.07) is 0. The van der Waals surface area contributed by atoms with Crippen LogP contribution in [-0.4, -0.2) is 48.1 Å². The van der Waals surface area contributed by atoms with Crippen LogP contribution in [0.1, 0.15) is 71.1 Å². The molecule has 23 heavy (non-hydrogen) atoms. The van der Waals surface area contributed by atoms with Crippen molar-refractivity contribution in [3.63, 3.8) is 0 Å². The molecule has 0 fully saturated rings. The molecule has 0 aromatic rings. The molecule has 2 unspecified atom stereocenters. The summed E-state index contributed by atoms with van der Waals surface area (Å²) in [4.78, 5) is 22.4. The monoisotopic (exact) mass is 332 g/mol. The van der Waals surface area contributed by atoms with Gasteiger partial charge >= 0.3 is 11.9 Å². The van der Waals surface area contributed by atoms with E-state index in [0.29, 0.717) is 6.42 Å². The van der Waals surface area contributed by atoms with Gasteiger partial charge in [0.2, 0.25) is 0 Å². The van der Waals surface area contributed by atoms with Crippen molar-refractivity contribution < 1.29 is 29.3 Å². The standard InChI is InChI=1S/C17H32O6/c1-3-4-5-6-7-8-9-10-11-12-13-23-17(21)15(19)14(18)16(20)22-2/h14-15,18-19H,3-13H2,1-2H3. The van der Waals surface area contributed by atoms with Crippen molar-refractivity contribution >= 4 is 11.9 Å². The van der Waals surface area contributed by atoms with Crippen LogP contribution in [0.2, 0.25) is 0 Å². The predicted octanol–water partition coefficient (Wildman–Crippen LogP) is 2.35. The molecule has 0 rings (SSSR count). The molecule has 0 amide bonds. The highest BCUT2D eigenvalue weighted by atomic mass is 16.6. The Kier molecular flexibility index (Phi) is 13.7. The third kappa shape index (κ3) is 11.1. The molecule has 0 spiro atoms. The van der Waals surface area contributed by atoms with Crippen molar-refractivity contribution in [2.24, 2.45) is 0 Å². The highest BCUT2D eigenvalue weighted by Gasteiger charge is 2.32. The second-order valence-corrected chi connectivity index (χ2v) is 5.76. The van der Waals surface area contributed by atoms with Gasteiger partial charge in [-0.3, -0.25) is 0 Å². The summed E-state index contributed by atoms with van der Waals surface area (Å²) in [6.45, 7) is 2.39. The number of methoxy groups -OCH3 is 1. The molecule has 2 N–H and O–H groups in total. The first-order chi connectivity index (χ1) is 11.0. The van der Waals surface area contributed by atoms with Gasteiger partial charge < -0.3 is 19.7 Å². The molecule has 6 nitrogen and oxygen atoms in total. The van der Waals surface area contributed by atoms with Crippen LogP contribution in [0.15, 0.2) is 0 Å². The van der Waals surface area contributed by atoms with Gasteiger partial charge in [-0.15, -0.1) is 0 Å². The Morgan fingerprint density at radius 1 is 0.783 bits per heavy atom. The first-order valence-corrected chi connectivity index (χ1v) is 8.65. The molecule has 0 aliphatic carbocycles. The van der Waals surface area contributed by atoms with Crippen molar-refractivity contribution in [2.75, 3.05) is 13.7 Å². The van der Waals surface area contributed by atoms with E-state index in [-0.39, 0.29) is 6.61 Å². The van der Waals surface area contributed by atoms with Crippen LogP contribution < -0.4 is 0 Å². The Morgan fingerprint density at radius 2 is 1.22 bits per heavy atom. The number of ether oxygens (including phenoxy) is 2. The second kappa shape index (κ2) is 14.5. The molecule has 2 atom stereocenters. The Balaban J connectivity index is 3.50. The van der Waals surface area contributed by atoms with Crippen LogP contribution in [0.3, 0.4) is 0 Å². The van der Waals surface area contributed by atoms with Gasteiger partial charge in [-0.2, -0.15) is 0 Å². The maximum Gasteiger partial charge on any atom is 0.338 e. The average molecular weight is 332 g/mol. The van der Waals surface area contributed by atoms with Crippen molar-refractivity contribution in [2.45, 2.75) is 83.3 Å². The SMILES string of the molecule is CCCCCCCCCCCCOC(=O)C(O)C(O)C(=O)OC. The number of hydrogen-bond donors (Lipinski definition) is 2. The van der Waals surface area contributed by atoms with Gasteiger partial charge in [0.05, 0.1) is 13.7 Å². The highest BCUT2D eigenvalue weighted by molar-refractivity contribution is 5.85. The van der Waals surface area contributed by atoms with Crippen LogP contribution in [0.4, 0.5) is 0 Å². The molecule has 0 heterocycles. The summed E-state index contributed by atoms with van der Waals surface area (Å²) in [5.41, 5.74) is 0. The van der Waals surface area contributed by atoms with Crippen LogP contribution in [-0.2, 0) is 19.1 Å². The Hall–Kier alpha value is -1.14. The molecule has 6 heteroatoms. The quantitative estimate of drug-likeness (QED) is 0.375. The number of carbonyl (C=O) groups is 2. The summed E-state index contributed by atoms with van der Waals surface area (Å²) in [7, 11) is 1.06. The molecule has 0 radical (unpaired) electrons. The van der Waals surface area contributed by atoms with E-state index in [4.69, 9.17) is 4.74 Å². The van der Waals surface area contributed by atoms with Gasteiger partial charge in [0.15, 0.2) is 12.2 Å². The zero-order valence-corrected chi connectivity index (χ0v) is 14.5. The van der Waals surface area contributed by atoms with Crippen molar-refractivity contribution in [1.29, 1.82) is 0 Å². The third-order valence-corrected chi connectivity index (χ3v) is 3.73. The number of hydrogen-bond acceptors (Lipinski definition) is 6. The smallest absolute Gasteiger partial charge is 0.338 e. The first-order valence-electron chi connectivity index (χ1n) is 8.65. The molecule has 0 aliphatic heterocycles. The van der Waals surface area contributed by atoms with Gasteiger partial charge in [0.25, 0.3) is 0 Å². The lowest BCUT2D eigenvalue weighted by atomic mass is 10.1. The van der Waals surface area contributed by atoms with Gasteiger partial charge in [0, 0.05) is 0 Å². The molecular formula is C17H32O6. The summed E-state index contributed by atoms with van der Waals surface area (Å²) in [5, 5.41) is 18.7. The van der Waals surface area contributed by atoms with Crippen LogP contribution in [0, 0.1) is 0 Å². The van der Waals surface area contributed by atoms with Crippen molar-refractivity contribution in [3.8, 4) is 0 Å². The molecule has 0 aliphatic rings. The minimum Gasteiger partial charge on any atom is -0.467 e. The molecule has 136 valence electrons. The maximum absolute atomic E-state index is 11.4. The summed E-state index contributed by atoms with van der Waals surface area (Å²) >= 11 is 0. The number of unbranched alkanes of at least 4 members (excludes halogenated alkanes) is 9.